The smallest absolute Gasteiger partial charge is 0.372 e. The maximum atomic E-state index is 10.6. The van der Waals surface area contributed by atoms with Crippen molar-refractivity contribution >= 4 is 17.7 Å². The average Bonchev–Trinajstić information content (AvgIpc) is 2.03. The van der Waals surface area contributed by atoms with Gasteiger partial charge in [-0.1, -0.05) is 6.92 Å². The molecule has 13 heavy (non-hydrogen) atoms. The molecule has 0 radical (unpaired) electrons. The van der Waals surface area contributed by atoms with E-state index in [1.807, 2.05) is 0 Å². The molecule has 0 amide bonds. The molecule has 1 atom stereocenters. The van der Waals surface area contributed by atoms with E-state index in [1.165, 1.54) is 6.92 Å². The van der Waals surface area contributed by atoms with Gasteiger partial charge in [0.25, 0.3) is 0 Å². The van der Waals surface area contributed by atoms with Gasteiger partial charge in [0.05, 0.1) is 6.42 Å². The summed E-state index contributed by atoms with van der Waals surface area (Å²) in [6.07, 6.45) is -1.13. The average molecular weight is 190 g/mol. The highest BCUT2D eigenvalue weighted by atomic mass is 16.4. The maximum Gasteiger partial charge on any atom is 0.372 e. The lowest BCUT2D eigenvalue weighted by Gasteiger charge is -2.19. The van der Waals surface area contributed by atoms with Gasteiger partial charge in [0.1, 0.15) is 0 Å². The zero-order valence-electron chi connectivity index (χ0n) is 6.98. The summed E-state index contributed by atoms with van der Waals surface area (Å²) in [6.45, 7) is 1.35. The van der Waals surface area contributed by atoms with Gasteiger partial charge < -0.3 is 15.3 Å². The largest absolute Gasteiger partial charge is 0.479 e. The molecular formula is C7H10O6. The van der Waals surface area contributed by atoms with Crippen LogP contribution in [0.2, 0.25) is 0 Å². The molecule has 0 aromatic rings. The Kier molecular flexibility index (Phi) is 3.55. The van der Waals surface area contributed by atoms with E-state index in [-0.39, 0.29) is 6.42 Å². The van der Waals surface area contributed by atoms with Crippen molar-refractivity contribution in [3.8, 4) is 0 Å². The third-order valence-corrected chi connectivity index (χ3v) is 1.67. The van der Waals surface area contributed by atoms with E-state index in [0.29, 0.717) is 0 Å². The molecule has 0 aromatic carbocycles. The number of ketones is 1. The second-order valence-electron chi connectivity index (χ2n) is 2.60. The summed E-state index contributed by atoms with van der Waals surface area (Å²) in [6, 6.07) is 0. The Morgan fingerprint density at radius 1 is 1.23 bits per heavy atom. The quantitative estimate of drug-likeness (QED) is 0.492. The predicted octanol–water partition coefficient (Wildman–Crippen LogP) is -0.744. The zero-order valence-corrected chi connectivity index (χ0v) is 6.98. The Morgan fingerprint density at radius 3 is 1.92 bits per heavy atom. The van der Waals surface area contributed by atoms with Crippen LogP contribution in [0.3, 0.4) is 0 Å². The summed E-state index contributed by atoms with van der Waals surface area (Å²) in [5.41, 5.74) is -2.27. The van der Waals surface area contributed by atoms with Crippen LogP contribution in [0.15, 0.2) is 0 Å². The van der Waals surface area contributed by atoms with E-state index in [2.05, 4.69) is 0 Å². The number of rotatable bonds is 5. The van der Waals surface area contributed by atoms with Crippen LogP contribution >= 0.6 is 0 Å². The lowest BCUT2D eigenvalue weighted by molar-refractivity contribution is -0.164. The van der Waals surface area contributed by atoms with Crippen LogP contribution in [0.1, 0.15) is 19.8 Å². The first-order valence-electron chi connectivity index (χ1n) is 3.55. The normalized spacial score (nSPS) is 14.6. The molecule has 6 nitrogen and oxygen atoms in total. The highest BCUT2D eigenvalue weighted by Gasteiger charge is 2.38. The number of carboxylic acids is 2. The summed E-state index contributed by atoms with van der Waals surface area (Å²) in [7, 11) is 0. The standard InChI is InChI=1S/C7H10O6/c1-2-7(13,6(11)12)3-4(8)5(9)10/h13H,2-3H2,1H3,(H,9,10)(H,11,12). The predicted molar refractivity (Wildman–Crippen MR) is 40.1 cm³/mol. The van der Waals surface area contributed by atoms with Crippen LogP contribution in [0.4, 0.5) is 0 Å². The van der Waals surface area contributed by atoms with Gasteiger partial charge in [-0.25, -0.2) is 9.59 Å². The Morgan fingerprint density at radius 2 is 1.69 bits per heavy atom. The first-order chi connectivity index (χ1) is 5.83. The molecule has 0 fully saturated rings. The van der Waals surface area contributed by atoms with E-state index < -0.39 is 29.7 Å². The molecule has 0 aliphatic heterocycles. The van der Waals surface area contributed by atoms with Gasteiger partial charge in [0, 0.05) is 0 Å². The molecule has 0 heterocycles. The number of aliphatic carboxylic acids is 2. The minimum atomic E-state index is -2.27. The zero-order chi connectivity index (χ0) is 10.6. The molecule has 0 saturated carbocycles. The van der Waals surface area contributed by atoms with Crippen molar-refractivity contribution in [1.82, 2.24) is 0 Å². The first-order valence-corrected chi connectivity index (χ1v) is 3.55. The topological polar surface area (TPSA) is 112 Å². The number of hydrogen-bond donors (Lipinski definition) is 3. The first kappa shape index (κ1) is 11.6. The molecule has 0 aliphatic carbocycles. The molecule has 3 N–H and O–H groups in total. The van der Waals surface area contributed by atoms with Gasteiger partial charge >= 0.3 is 11.9 Å². The number of hydrogen-bond acceptors (Lipinski definition) is 4. The fourth-order valence-corrected chi connectivity index (χ4v) is 0.693. The summed E-state index contributed by atoms with van der Waals surface area (Å²) >= 11 is 0. The van der Waals surface area contributed by atoms with Gasteiger partial charge in [-0.15, -0.1) is 0 Å². The maximum absolute atomic E-state index is 10.6. The Hall–Kier alpha value is -1.43. The Bertz CT molecular complexity index is 245. The Labute approximate surface area is 73.8 Å². The lowest BCUT2D eigenvalue weighted by atomic mass is 9.94. The molecule has 6 heteroatoms. The monoisotopic (exact) mass is 190 g/mol. The summed E-state index contributed by atoms with van der Waals surface area (Å²) in [5.74, 6) is -4.65. The number of carboxylic acid groups (broad SMARTS) is 2. The number of carbonyl (C=O) groups is 3. The van der Waals surface area contributed by atoms with Crippen LogP contribution in [0, 0.1) is 0 Å². The fraction of sp³-hybridized carbons (Fsp3) is 0.571. The highest BCUT2D eigenvalue weighted by Crippen LogP contribution is 2.15. The third-order valence-electron chi connectivity index (χ3n) is 1.67. The van der Waals surface area contributed by atoms with E-state index in [1.54, 1.807) is 0 Å². The minimum absolute atomic E-state index is 0.221. The van der Waals surface area contributed by atoms with Crippen molar-refractivity contribution < 1.29 is 29.7 Å². The third kappa shape index (κ3) is 2.83. The van der Waals surface area contributed by atoms with Gasteiger partial charge in [-0.05, 0) is 6.42 Å². The fourth-order valence-electron chi connectivity index (χ4n) is 0.693. The van der Waals surface area contributed by atoms with Crippen molar-refractivity contribution in [3.05, 3.63) is 0 Å². The summed E-state index contributed by atoms with van der Waals surface area (Å²) in [5, 5.41) is 25.9. The Balaban J connectivity index is 4.55. The molecule has 74 valence electrons. The SMILES string of the molecule is CCC(O)(CC(=O)C(=O)O)C(=O)O. The summed E-state index contributed by atoms with van der Waals surface area (Å²) < 4.78 is 0. The molecule has 0 aliphatic rings. The van der Waals surface area contributed by atoms with Crippen molar-refractivity contribution in [1.29, 1.82) is 0 Å². The van der Waals surface area contributed by atoms with E-state index >= 15 is 0 Å². The number of aliphatic hydroxyl groups is 1. The molecule has 0 saturated heterocycles. The molecule has 1 unspecified atom stereocenters. The van der Waals surface area contributed by atoms with Crippen LogP contribution in [-0.2, 0) is 14.4 Å². The van der Waals surface area contributed by atoms with Crippen molar-refractivity contribution in [2.45, 2.75) is 25.4 Å². The van der Waals surface area contributed by atoms with Crippen LogP contribution in [-0.4, -0.2) is 38.6 Å². The van der Waals surface area contributed by atoms with Crippen molar-refractivity contribution in [2.24, 2.45) is 0 Å². The number of Topliss-reactive ketones (excluding diaryl/α,β-unsaturated/α-hetero) is 1. The number of carbonyl (C=O) groups excluding carboxylic acids is 1. The molecular weight excluding hydrogens is 180 g/mol. The molecule has 0 spiro atoms. The molecule has 0 aromatic heterocycles. The van der Waals surface area contributed by atoms with E-state index in [0.717, 1.165) is 0 Å². The van der Waals surface area contributed by atoms with Crippen LogP contribution < -0.4 is 0 Å². The molecule has 0 bridgehead atoms. The second-order valence-corrected chi connectivity index (χ2v) is 2.60. The van der Waals surface area contributed by atoms with E-state index in [9.17, 15) is 19.5 Å². The minimum Gasteiger partial charge on any atom is -0.479 e. The van der Waals surface area contributed by atoms with Gasteiger partial charge in [-0.3, -0.25) is 4.79 Å². The highest BCUT2D eigenvalue weighted by molar-refractivity contribution is 6.33. The van der Waals surface area contributed by atoms with Gasteiger partial charge in [0.2, 0.25) is 5.78 Å². The molecule has 0 rings (SSSR count). The van der Waals surface area contributed by atoms with Crippen LogP contribution in [0.25, 0.3) is 0 Å². The second kappa shape index (κ2) is 3.99. The van der Waals surface area contributed by atoms with Crippen LogP contribution in [0.5, 0.6) is 0 Å². The van der Waals surface area contributed by atoms with Crippen molar-refractivity contribution in [2.75, 3.05) is 0 Å². The van der Waals surface area contributed by atoms with Gasteiger partial charge in [-0.2, -0.15) is 0 Å². The van der Waals surface area contributed by atoms with E-state index in [4.69, 9.17) is 10.2 Å². The lowest BCUT2D eigenvalue weighted by Crippen LogP contribution is -2.41. The van der Waals surface area contributed by atoms with Crippen molar-refractivity contribution in [3.63, 3.8) is 0 Å². The van der Waals surface area contributed by atoms with Gasteiger partial charge in [0.15, 0.2) is 5.60 Å². The summed E-state index contributed by atoms with van der Waals surface area (Å²) in [4.78, 5) is 31.1.